The first-order valence-electron chi connectivity index (χ1n) is 4.08. The van der Waals surface area contributed by atoms with E-state index < -0.39 is 0 Å². The van der Waals surface area contributed by atoms with Gasteiger partial charge in [0.15, 0.2) is 0 Å². The lowest BCUT2D eigenvalue weighted by Crippen LogP contribution is -1.87. The summed E-state index contributed by atoms with van der Waals surface area (Å²) in [6.45, 7) is 2.04. The molecule has 0 aliphatic heterocycles. The molecule has 0 amide bonds. The Labute approximate surface area is 88.5 Å². The Morgan fingerprint density at radius 3 is 3.00 bits per heavy atom. The van der Waals surface area contributed by atoms with Gasteiger partial charge < -0.3 is 0 Å². The van der Waals surface area contributed by atoms with Gasteiger partial charge in [0.25, 0.3) is 0 Å². The Kier molecular flexibility index (Phi) is 2.39. The molecule has 0 nitrogen and oxygen atoms in total. The van der Waals surface area contributed by atoms with Gasteiger partial charge in [-0.3, -0.25) is 0 Å². The van der Waals surface area contributed by atoms with Crippen molar-refractivity contribution >= 4 is 37.4 Å². The SMILES string of the molecule is CCc1c(Br)c(F)cc2sccc12. The Balaban J connectivity index is 2.87. The zero-order chi connectivity index (χ0) is 9.42. The Morgan fingerprint density at radius 2 is 2.31 bits per heavy atom. The van der Waals surface area contributed by atoms with Crippen molar-refractivity contribution in [1.82, 2.24) is 0 Å². The number of fused-ring (bicyclic) bond motifs is 1. The molecule has 2 aromatic rings. The maximum atomic E-state index is 13.3. The minimum atomic E-state index is -0.160. The summed E-state index contributed by atoms with van der Waals surface area (Å²) in [6, 6.07) is 3.63. The van der Waals surface area contributed by atoms with E-state index >= 15 is 0 Å². The molecule has 3 heteroatoms. The third-order valence-electron chi connectivity index (χ3n) is 2.11. The van der Waals surface area contributed by atoms with E-state index in [0.29, 0.717) is 4.47 Å². The Bertz CT molecular complexity index is 447. The number of hydrogen-bond acceptors (Lipinski definition) is 1. The Morgan fingerprint density at radius 1 is 1.54 bits per heavy atom. The third-order valence-corrected chi connectivity index (χ3v) is 3.83. The molecule has 0 atom stereocenters. The van der Waals surface area contributed by atoms with Crippen LogP contribution in [-0.4, -0.2) is 0 Å². The lowest BCUT2D eigenvalue weighted by Gasteiger charge is -2.04. The first kappa shape index (κ1) is 9.16. The summed E-state index contributed by atoms with van der Waals surface area (Å²) in [5.74, 6) is -0.160. The smallest absolute Gasteiger partial charge is 0.139 e. The molecule has 0 N–H and O–H groups in total. The van der Waals surface area contributed by atoms with Crippen molar-refractivity contribution in [3.05, 3.63) is 33.4 Å². The van der Waals surface area contributed by atoms with Gasteiger partial charge >= 0.3 is 0 Å². The number of thiophene rings is 1. The van der Waals surface area contributed by atoms with E-state index in [2.05, 4.69) is 15.9 Å². The van der Waals surface area contributed by atoms with Crippen LogP contribution in [0.25, 0.3) is 10.1 Å². The third kappa shape index (κ3) is 1.40. The number of halogens is 2. The number of hydrogen-bond donors (Lipinski definition) is 0. The highest BCUT2D eigenvalue weighted by atomic mass is 79.9. The topological polar surface area (TPSA) is 0 Å². The summed E-state index contributed by atoms with van der Waals surface area (Å²) in [7, 11) is 0. The molecule has 1 heterocycles. The molecule has 0 spiro atoms. The second kappa shape index (κ2) is 3.39. The average Bonchev–Trinajstić information content (AvgIpc) is 2.54. The fraction of sp³-hybridized carbons (Fsp3) is 0.200. The summed E-state index contributed by atoms with van der Waals surface area (Å²) < 4.78 is 15.0. The maximum absolute atomic E-state index is 13.3. The molecule has 1 aromatic heterocycles. The van der Waals surface area contributed by atoms with Gasteiger partial charge in [0.05, 0.1) is 4.47 Å². The fourth-order valence-electron chi connectivity index (χ4n) is 1.47. The van der Waals surface area contributed by atoms with E-state index in [1.807, 2.05) is 18.4 Å². The molecule has 0 unspecified atom stereocenters. The van der Waals surface area contributed by atoms with E-state index in [0.717, 1.165) is 16.7 Å². The highest BCUT2D eigenvalue weighted by Gasteiger charge is 2.10. The van der Waals surface area contributed by atoms with Crippen LogP contribution >= 0.6 is 27.3 Å². The first-order chi connectivity index (χ1) is 6.24. The van der Waals surface area contributed by atoms with Crippen LogP contribution in [0.15, 0.2) is 22.0 Å². The summed E-state index contributed by atoms with van der Waals surface area (Å²) in [5, 5.41) is 3.16. The zero-order valence-electron chi connectivity index (χ0n) is 7.10. The van der Waals surface area contributed by atoms with Crippen LogP contribution in [0.2, 0.25) is 0 Å². The van der Waals surface area contributed by atoms with Crippen LogP contribution in [0.3, 0.4) is 0 Å². The van der Waals surface area contributed by atoms with Crippen LogP contribution in [0.1, 0.15) is 12.5 Å². The molecule has 13 heavy (non-hydrogen) atoms. The van der Waals surface area contributed by atoms with Crippen LogP contribution in [0.5, 0.6) is 0 Å². The number of rotatable bonds is 1. The van der Waals surface area contributed by atoms with Crippen molar-refractivity contribution in [2.45, 2.75) is 13.3 Å². The summed E-state index contributed by atoms with van der Waals surface area (Å²) in [4.78, 5) is 0. The molecule has 2 rings (SSSR count). The van der Waals surface area contributed by atoms with E-state index in [1.165, 1.54) is 5.39 Å². The Hall–Kier alpha value is -0.410. The molecule has 0 fully saturated rings. The first-order valence-corrected chi connectivity index (χ1v) is 5.75. The summed E-state index contributed by atoms with van der Waals surface area (Å²) in [5.41, 5.74) is 1.07. The lowest BCUT2D eigenvalue weighted by molar-refractivity contribution is 0.621. The van der Waals surface area contributed by atoms with Crippen LogP contribution < -0.4 is 0 Å². The fourth-order valence-corrected chi connectivity index (χ4v) is 2.92. The van der Waals surface area contributed by atoms with Crippen molar-refractivity contribution in [3.63, 3.8) is 0 Å². The van der Waals surface area contributed by atoms with Crippen molar-refractivity contribution in [2.75, 3.05) is 0 Å². The second-order valence-electron chi connectivity index (χ2n) is 2.84. The molecule has 68 valence electrons. The summed E-state index contributed by atoms with van der Waals surface area (Å²) in [6.07, 6.45) is 0.853. The van der Waals surface area contributed by atoms with Crippen molar-refractivity contribution in [1.29, 1.82) is 0 Å². The molecule has 0 radical (unpaired) electrons. The molecular formula is C10H8BrFS. The van der Waals surface area contributed by atoms with Crippen LogP contribution in [0.4, 0.5) is 4.39 Å². The predicted molar refractivity (Wildman–Crippen MR) is 58.9 cm³/mol. The van der Waals surface area contributed by atoms with E-state index in [-0.39, 0.29) is 5.82 Å². The average molecular weight is 259 g/mol. The number of benzene rings is 1. The van der Waals surface area contributed by atoms with Crippen LogP contribution in [-0.2, 0) is 6.42 Å². The van der Waals surface area contributed by atoms with Gasteiger partial charge in [0.1, 0.15) is 5.82 Å². The van der Waals surface area contributed by atoms with Gasteiger partial charge in [0.2, 0.25) is 0 Å². The molecule has 0 saturated carbocycles. The second-order valence-corrected chi connectivity index (χ2v) is 4.58. The quantitative estimate of drug-likeness (QED) is 0.713. The number of aryl methyl sites for hydroxylation is 1. The van der Waals surface area contributed by atoms with Gasteiger partial charge in [-0.05, 0) is 50.8 Å². The largest absolute Gasteiger partial charge is 0.206 e. The molecular weight excluding hydrogens is 251 g/mol. The molecule has 0 saturated heterocycles. The lowest BCUT2D eigenvalue weighted by atomic mass is 10.1. The standard InChI is InChI=1S/C10H8BrFS/c1-2-6-7-3-4-13-9(7)5-8(12)10(6)11/h3-5H,2H2,1H3. The minimum Gasteiger partial charge on any atom is -0.206 e. The normalized spacial score (nSPS) is 11.0. The van der Waals surface area contributed by atoms with Gasteiger partial charge in [-0.2, -0.15) is 0 Å². The van der Waals surface area contributed by atoms with Crippen molar-refractivity contribution in [3.8, 4) is 0 Å². The molecule has 0 aliphatic carbocycles. The molecule has 1 aromatic carbocycles. The monoisotopic (exact) mass is 258 g/mol. The van der Waals surface area contributed by atoms with Gasteiger partial charge in [0, 0.05) is 4.70 Å². The van der Waals surface area contributed by atoms with Crippen molar-refractivity contribution < 1.29 is 4.39 Å². The highest BCUT2D eigenvalue weighted by Crippen LogP contribution is 2.32. The zero-order valence-corrected chi connectivity index (χ0v) is 9.51. The van der Waals surface area contributed by atoms with E-state index in [4.69, 9.17) is 0 Å². The van der Waals surface area contributed by atoms with Gasteiger partial charge in [-0.15, -0.1) is 11.3 Å². The van der Waals surface area contributed by atoms with Crippen molar-refractivity contribution in [2.24, 2.45) is 0 Å². The predicted octanol–water partition coefficient (Wildman–Crippen LogP) is 4.37. The molecule has 0 aliphatic rings. The van der Waals surface area contributed by atoms with E-state index in [1.54, 1.807) is 17.4 Å². The maximum Gasteiger partial charge on any atom is 0.139 e. The molecule has 0 bridgehead atoms. The minimum absolute atomic E-state index is 0.160. The highest BCUT2D eigenvalue weighted by molar-refractivity contribution is 9.10. The van der Waals surface area contributed by atoms with Crippen LogP contribution in [0, 0.1) is 5.82 Å². The van der Waals surface area contributed by atoms with E-state index in [9.17, 15) is 4.39 Å². The van der Waals surface area contributed by atoms with Gasteiger partial charge in [-0.1, -0.05) is 6.92 Å². The summed E-state index contributed by atoms with van der Waals surface area (Å²) >= 11 is 4.85. The van der Waals surface area contributed by atoms with Gasteiger partial charge in [-0.25, -0.2) is 4.39 Å².